The first-order chi connectivity index (χ1) is 17.0. The number of halogens is 4. The van der Waals surface area contributed by atoms with Crippen LogP contribution in [0.4, 0.5) is 10.5 Å². The molecule has 0 saturated carbocycles. The molecule has 0 radical (unpaired) electrons. The maximum atomic E-state index is 13.2. The van der Waals surface area contributed by atoms with Gasteiger partial charge in [-0.25, -0.2) is 9.69 Å². The Morgan fingerprint density at radius 2 is 1.53 bits per heavy atom. The monoisotopic (exact) mass is 716 g/mol. The summed E-state index contributed by atoms with van der Waals surface area (Å²) in [5.74, 6) is -2.01. The third-order valence-corrected chi connectivity index (χ3v) is 7.88. The summed E-state index contributed by atoms with van der Waals surface area (Å²) in [6.07, 6.45) is 1.15. The van der Waals surface area contributed by atoms with Gasteiger partial charge >= 0.3 is 16.1 Å². The Morgan fingerprint density at radius 1 is 0.889 bits per heavy atom. The molecule has 3 aromatic rings. The fraction of sp³-hybridized carbons (Fsp3) is 0. The van der Waals surface area contributed by atoms with Crippen LogP contribution in [-0.2, 0) is 19.7 Å². The number of carbonyl (C=O) groups excluding carboxylic acids is 3. The summed E-state index contributed by atoms with van der Waals surface area (Å²) in [6.45, 7) is 0. The molecule has 3 aromatic carbocycles. The van der Waals surface area contributed by atoms with E-state index in [9.17, 15) is 22.8 Å². The Morgan fingerprint density at radius 3 is 2.17 bits per heavy atom. The van der Waals surface area contributed by atoms with E-state index < -0.39 is 33.5 Å². The molecular formula is C23H12Br3ClN2O6S. The summed E-state index contributed by atoms with van der Waals surface area (Å²) in [5.41, 5.74) is -0.0926. The van der Waals surface area contributed by atoms with E-state index in [-0.39, 0.29) is 26.4 Å². The number of anilines is 1. The lowest BCUT2D eigenvalue weighted by Crippen LogP contribution is -2.54. The van der Waals surface area contributed by atoms with Gasteiger partial charge < -0.3 is 4.18 Å². The number of nitrogens with one attached hydrogen (secondary N) is 1. The predicted octanol–water partition coefficient (Wildman–Crippen LogP) is 6.06. The molecule has 1 heterocycles. The Labute approximate surface area is 235 Å². The normalized spacial score (nSPS) is 15.3. The molecule has 4 amide bonds. The van der Waals surface area contributed by atoms with Crippen molar-refractivity contribution in [2.45, 2.75) is 4.90 Å². The number of amides is 4. The largest absolute Gasteiger partial charge is 0.377 e. The molecule has 1 N–H and O–H groups in total. The van der Waals surface area contributed by atoms with Crippen LogP contribution in [-0.4, -0.2) is 26.3 Å². The van der Waals surface area contributed by atoms with Crippen LogP contribution in [0.5, 0.6) is 5.75 Å². The van der Waals surface area contributed by atoms with Gasteiger partial charge in [-0.2, -0.15) is 8.42 Å². The maximum Gasteiger partial charge on any atom is 0.339 e. The summed E-state index contributed by atoms with van der Waals surface area (Å²) >= 11 is 15.7. The lowest BCUT2D eigenvalue weighted by molar-refractivity contribution is -0.122. The fourth-order valence-corrected chi connectivity index (χ4v) is 5.98. The van der Waals surface area contributed by atoms with E-state index >= 15 is 0 Å². The molecule has 36 heavy (non-hydrogen) atoms. The number of urea groups is 1. The predicted molar refractivity (Wildman–Crippen MR) is 144 cm³/mol. The molecule has 1 aliphatic heterocycles. The van der Waals surface area contributed by atoms with E-state index in [1.807, 2.05) is 0 Å². The molecular weight excluding hydrogens is 707 g/mol. The third-order valence-electron chi connectivity index (χ3n) is 4.82. The highest BCUT2D eigenvalue weighted by Gasteiger charge is 2.37. The van der Waals surface area contributed by atoms with Gasteiger partial charge in [0, 0.05) is 19.5 Å². The van der Waals surface area contributed by atoms with Gasteiger partial charge in [-0.1, -0.05) is 43.5 Å². The zero-order valence-corrected chi connectivity index (χ0v) is 24.0. The first-order valence-electron chi connectivity index (χ1n) is 9.82. The molecule has 1 aliphatic rings. The second-order valence-corrected chi connectivity index (χ2v) is 11.9. The summed E-state index contributed by atoms with van der Waals surface area (Å²) in [7, 11) is -4.31. The van der Waals surface area contributed by atoms with Crippen LogP contribution in [0.2, 0.25) is 5.02 Å². The standard InChI is InChI=1S/C23H12Br3ClN2O6S/c24-13-1-5-16(6-2-13)29-22(31)18(21(30)28-23(29)32)10-12-9-14(25)11-19(26)20(12)35-36(33,34)17-7-3-15(27)4-8-17/h1-11H,(H,28,30,32)/b18-10+. The van der Waals surface area contributed by atoms with Crippen LogP contribution in [0.3, 0.4) is 0 Å². The third kappa shape index (κ3) is 5.57. The van der Waals surface area contributed by atoms with Gasteiger partial charge in [0.25, 0.3) is 11.8 Å². The van der Waals surface area contributed by atoms with Gasteiger partial charge in [-0.3, -0.25) is 14.9 Å². The minimum atomic E-state index is -4.31. The van der Waals surface area contributed by atoms with Gasteiger partial charge in [0.2, 0.25) is 0 Å². The molecule has 8 nitrogen and oxygen atoms in total. The van der Waals surface area contributed by atoms with Gasteiger partial charge in [0.1, 0.15) is 10.5 Å². The van der Waals surface area contributed by atoms with Crippen LogP contribution in [0.15, 0.2) is 84.6 Å². The minimum absolute atomic E-state index is 0.0809. The van der Waals surface area contributed by atoms with E-state index in [1.54, 1.807) is 12.1 Å². The van der Waals surface area contributed by atoms with Crippen molar-refractivity contribution in [3.8, 4) is 5.75 Å². The maximum absolute atomic E-state index is 13.2. The van der Waals surface area contributed by atoms with E-state index in [2.05, 4.69) is 53.1 Å². The molecule has 0 spiro atoms. The molecule has 0 unspecified atom stereocenters. The fourth-order valence-electron chi connectivity index (χ4n) is 3.17. The van der Waals surface area contributed by atoms with Gasteiger partial charge in [0.05, 0.1) is 10.2 Å². The molecule has 1 fully saturated rings. The molecule has 4 rings (SSSR count). The minimum Gasteiger partial charge on any atom is -0.377 e. The van der Waals surface area contributed by atoms with Crippen molar-refractivity contribution >= 4 is 99.1 Å². The van der Waals surface area contributed by atoms with Crippen molar-refractivity contribution in [1.29, 1.82) is 0 Å². The van der Waals surface area contributed by atoms with Crippen molar-refractivity contribution in [3.63, 3.8) is 0 Å². The Balaban J connectivity index is 1.78. The van der Waals surface area contributed by atoms with Crippen LogP contribution in [0.25, 0.3) is 6.08 Å². The Hall–Kier alpha value is -2.51. The molecule has 0 aromatic heterocycles. The summed E-state index contributed by atoms with van der Waals surface area (Å²) < 4.78 is 32.7. The lowest BCUT2D eigenvalue weighted by atomic mass is 10.1. The number of hydrogen-bond acceptors (Lipinski definition) is 6. The Kier molecular flexibility index (Phi) is 7.72. The first-order valence-corrected chi connectivity index (χ1v) is 14.0. The number of nitrogens with zero attached hydrogens (tertiary/aromatic N) is 1. The molecule has 0 bridgehead atoms. The molecule has 0 aliphatic carbocycles. The van der Waals surface area contributed by atoms with Crippen LogP contribution in [0, 0.1) is 0 Å². The molecule has 0 atom stereocenters. The zero-order valence-electron chi connectivity index (χ0n) is 17.7. The highest BCUT2D eigenvalue weighted by Crippen LogP contribution is 2.37. The van der Waals surface area contributed by atoms with Crippen molar-refractivity contribution in [2.24, 2.45) is 0 Å². The Bertz CT molecular complexity index is 1540. The van der Waals surface area contributed by atoms with Gasteiger partial charge in [0.15, 0.2) is 5.75 Å². The number of imide groups is 2. The number of barbiturate groups is 1. The summed E-state index contributed by atoms with van der Waals surface area (Å²) in [5, 5.41) is 2.47. The van der Waals surface area contributed by atoms with Crippen molar-refractivity contribution in [3.05, 3.63) is 90.2 Å². The summed E-state index contributed by atoms with van der Waals surface area (Å²) in [4.78, 5) is 38.9. The topological polar surface area (TPSA) is 110 Å². The van der Waals surface area contributed by atoms with E-state index in [1.165, 1.54) is 48.5 Å². The average molecular weight is 720 g/mol. The van der Waals surface area contributed by atoms with E-state index in [0.29, 0.717) is 9.50 Å². The van der Waals surface area contributed by atoms with Crippen molar-refractivity contribution < 1.29 is 27.0 Å². The van der Waals surface area contributed by atoms with Gasteiger partial charge in [-0.15, -0.1) is 0 Å². The molecule has 13 heteroatoms. The second kappa shape index (κ2) is 10.5. The number of rotatable bonds is 5. The molecule has 184 valence electrons. The smallest absolute Gasteiger partial charge is 0.339 e. The van der Waals surface area contributed by atoms with E-state index in [0.717, 1.165) is 15.4 Å². The first kappa shape index (κ1) is 26.6. The van der Waals surface area contributed by atoms with Crippen molar-refractivity contribution in [1.82, 2.24) is 5.32 Å². The lowest BCUT2D eigenvalue weighted by Gasteiger charge is -2.26. The van der Waals surface area contributed by atoms with Crippen LogP contribution >= 0.6 is 59.4 Å². The summed E-state index contributed by atoms with van der Waals surface area (Å²) in [6, 6.07) is 13.8. The highest BCUT2D eigenvalue weighted by atomic mass is 79.9. The second-order valence-electron chi connectivity index (χ2n) is 7.23. The van der Waals surface area contributed by atoms with Gasteiger partial charge in [-0.05, 0) is 82.7 Å². The highest BCUT2D eigenvalue weighted by molar-refractivity contribution is 9.11. The number of hydrogen-bond donors (Lipinski definition) is 1. The quantitative estimate of drug-likeness (QED) is 0.195. The van der Waals surface area contributed by atoms with E-state index in [4.69, 9.17) is 15.8 Å². The number of carbonyl (C=O) groups is 3. The zero-order chi connectivity index (χ0) is 26.2. The number of benzene rings is 3. The SMILES string of the molecule is O=C1NC(=O)N(c2ccc(Br)cc2)C(=O)/C1=C/c1cc(Br)cc(Br)c1OS(=O)(=O)c1ccc(Cl)cc1. The van der Waals surface area contributed by atoms with Crippen LogP contribution in [0.1, 0.15) is 5.56 Å². The van der Waals surface area contributed by atoms with Crippen LogP contribution < -0.4 is 14.4 Å². The average Bonchev–Trinajstić information content (AvgIpc) is 2.80. The van der Waals surface area contributed by atoms with Crippen molar-refractivity contribution in [2.75, 3.05) is 4.90 Å². The molecule has 1 saturated heterocycles.